The molecule has 2 saturated heterocycles. The van der Waals surface area contributed by atoms with E-state index >= 15 is 0 Å². The van der Waals surface area contributed by atoms with E-state index < -0.39 is 11.6 Å². The van der Waals surface area contributed by atoms with Crippen molar-refractivity contribution in [2.45, 2.75) is 94.7 Å². The second-order valence-corrected chi connectivity index (χ2v) is 9.75. The number of nitrogens with one attached hydrogen (secondary N) is 4. The summed E-state index contributed by atoms with van der Waals surface area (Å²) in [5, 5.41) is 9.79. The molecule has 2 aliphatic carbocycles. The molecule has 10 nitrogen and oxygen atoms in total. The monoisotopic (exact) mass is 448 g/mol. The summed E-state index contributed by atoms with van der Waals surface area (Å²) >= 11 is 0. The van der Waals surface area contributed by atoms with Crippen molar-refractivity contribution in [2.24, 2.45) is 0 Å². The number of hydrogen-bond donors (Lipinski definition) is 4. The molecule has 4 fully saturated rings. The van der Waals surface area contributed by atoms with Crippen LogP contribution in [-0.4, -0.2) is 71.0 Å². The van der Waals surface area contributed by atoms with Crippen molar-refractivity contribution in [1.82, 2.24) is 31.3 Å². The molecule has 0 radical (unpaired) electrons. The van der Waals surface area contributed by atoms with Gasteiger partial charge in [0.05, 0.1) is 6.54 Å². The molecular formula is C22H36N6O4. The summed E-state index contributed by atoms with van der Waals surface area (Å²) in [6.45, 7) is 1.46. The van der Waals surface area contributed by atoms with E-state index in [1.807, 2.05) is 4.90 Å². The quantitative estimate of drug-likeness (QED) is 0.473. The van der Waals surface area contributed by atoms with E-state index in [1.54, 1.807) is 0 Å². The molecule has 1 spiro atoms. The molecule has 0 atom stereocenters. The van der Waals surface area contributed by atoms with Gasteiger partial charge in [-0.05, 0) is 38.5 Å². The Morgan fingerprint density at radius 3 is 2.12 bits per heavy atom. The lowest BCUT2D eigenvalue weighted by molar-refractivity contribution is -0.140. The standard InChI is InChI=1S/C22H36N6O4/c29-18(26-28-19(30)22(25-21(28)32)11-5-2-6-12-22)15-27-13-9-17(10-14-27)24-20(31)23-16-7-3-1-4-8-16/h16-17H,1-15H2,(H,25,32)(H,26,29)(H2,23,24,31). The molecule has 4 aliphatic rings. The Kier molecular flexibility index (Phi) is 7.17. The highest BCUT2D eigenvalue weighted by Crippen LogP contribution is 2.33. The zero-order valence-electron chi connectivity index (χ0n) is 18.8. The summed E-state index contributed by atoms with van der Waals surface area (Å²) < 4.78 is 0. The van der Waals surface area contributed by atoms with Gasteiger partial charge in [-0.3, -0.25) is 19.9 Å². The van der Waals surface area contributed by atoms with Crippen LogP contribution in [0.4, 0.5) is 9.59 Å². The average molecular weight is 449 g/mol. The Balaban J connectivity index is 1.17. The van der Waals surface area contributed by atoms with Crippen LogP contribution < -0.4 is 21.4 Å². The number of rotatable bonds is 5. The normalized spacial score (nSPS) is 24.9. The number of imide groups is 1. The van der Waals surface area contributed by atoms with Gasteiger partial charge in [0.15, 0.2) is 0 Å². The molecule has 10 heteroatoms. The van der Waals surface area contributed by atoms with Gasteiger partial charge in [-0.2, -0.15) is 5.01 Å². The zero-order chi connectivity index (χ0) is 22.6. The first-order valence-corrected chi connectivity index (χ1v) is 12.2. The predicted molar refractivity (Wildman–Crippen MR) is 117 cm³/mol. The van der Waals surface area contributed by atoms with Crippen molar-refractivity contribution in [3.05, 3.63) is 0 Å². The molecule has 2 saturated carbocycles. The Morgan fingerprint density at radius 1 is 0.875 bits per heavy atom. The van der Waals surface area contributed by atoms with Crippen molar-refractivity contribution in [1.29, 1.82) is 0 Å². The van der Waals surface area contributed by atoms with Gasteiger partial charge in [0.2, 0.25) is 0 Å². The second-order valence-electron chi connectivity index (χ2n) is 9.75. The fraction of sp³-hybridized carbons (Fsp3) is 0.818. The van der Waals surface area contributed by atoms with Gasteiger partial charge in [-0.25, -0.2) is 9.59 Å². The first kappa shape index (κ1) is 22.8. The molecule has 0 bridgehead atoms. The van der Waals surface area contributed by atoms with Crippen LogP contribution in [0, 0.1) is 0 Å². The number of amides is 6. The molecule has 4 N–H and O–H groups in total. The van der Waals surface area contributed by atoms with Crippen LogP contribution in [0.25, 0.3) is 0 Å². The number of carbonyl (C=O) groups is 4. The van der Waals surface area contributed by atoms with Crippen LogP contribution in [0.5, 0.6) is 0 Å². The van der Waals surface area contributed by atoms with Crippen LogP contribution in [0.2, 0.25) is 0 Å². The van der Waals surface area contributed by atoms with Crippen molar-refractivity contribution >= 4 is 23.9 Å². The molecule has 6 amide bonds. The lowest BCUT2D eigenvalue weighted by Gasteiger charge is -2.33. The number of hydrogen-bond acceptors (Lipinski definition) is 5. The lowest BCUT2D eigenvalue weighted by atomic mass is 9.82. The molecule has 4 rings (SSSR count). The minimum atomic E-state index is -0.842. The van der Waals surface area contributed by atoms with E-state index in [2.05, 4.69) is 21.4 Å². The number of piperidine rings is 1. The molecule has 0 aromatic heterocycles. The molecule has 178 valence electrons. The highest BCUT2D eigenvalue weighted by atomic mass is 16.2. The largest absolute Gasteiger partial charge is 0.344 e. The van der Waals surface area contributed by atoms with Crippen LogP contribution in [0.1, 0.15) is 77.0 Å². The molecule has 2 aliphatic heterocycles. The first-order valence-electron chi connectivity index (χ1n) is 12.2. The smallest absolute Gasteiger partial charge is 0.335 e. The minimum absolute atomic E-state index is 0.0926. The Labute approximate surface area is 189 Å². The fourth-order valence-corrected chi connectivity index (χ4v) is 5.47. The van der Waals surface area contributed by atoms with Gasteiger partial charge in [0.25, 0.3) is 11.8 Å². The molecule has 2 heterocycles. The fourth-order valence-electron chi connectivity index (χ4n) is 5.47. The lowest BCUT2D eigenvalue weighted by Crippen LogP contribution is -2.54. The summed E-state index contributed by atoms with van der Waals surface area (Å²) in [6.07, 6.45) is 11.3. The predicted octanol–water partition coefficient (Wildman–Crippen LogP) is 1.37. The van der Waals surface area contributed by atoms with Crippen LogP contribution in [0.3, 0.4) is 0 Å². The van der Waals surface area contributed by atoms with E-state index in [0.29, 0.717) is 25.9 Å². The zero-order valence-corrected chi connectivity index (χ0v) is 18.8. The van der Waals surface area contributed by atoms with Gasteiger partial charge < -0.3 is 16.0 Å². The van der Waals surface area contributed by atoms with E-state index in [9.17, 15) is 19.2 Å². The molecular weight excluding hydrogens is 412 g/mol. The SMILES string of the molecule is O=C(CN1CCC(NC(=O)NC2CCCCC2)CC1)NN1C(=O)NC2(CCCCC2)C1=O. The summed E-state index contributed by atoms with van der Waals surface area (Å²) in [6, 6.07) is -0.263. The van der Waals surface area contributed by atoms with Gasteiger partial charge in [0.1, 0.15) is 5.54 Å². The number of hydrazine groups is 1. The topological polar surface area (TPSA) is 123 Å². The molecule has 32 heavy (non-hydrogen) atoms. The third kappa shape index (κ3) is 5.33. The van der Waals surface area contributed by atoms with Crippen molar-refractivity contribution in [3.8, 4) is 0 Å². The molecule has 0 aromatic rings. The van der Waals surface area contributed by atoms with Gasteiger partial charge in [0, 0.05) is 25.2 Å². The second kappa shape index (κ2) is 10.1. The van der Waals surface area contributed by atoms with E-state index in [-0.39, 0.29) is 36.5 Å². The summed E-state index contributed by atoms with van der Waals surface area (Å²) in [7, 11) is 0. The maximum Gasteiger partial charge on any atom is 0.344 e. The maximum atomic E-state index is 12.8. The third-order valence-corrected chi connectivity index (χ3v) is 7.34. The van der Waals surface area contributed by atoms with E-state index in [0.717, 1.165) is 50.0 Å². The average Bonchev–Trinajstić information content (AvgIpc) is 3.00. The number of likely N-dealkylation sites (tertiary alicyclic amines) is 1. The molecule has 0 unspecified atom stereocenters. The minimum Gasteiger partial charge on any atom is -0.335 e. The summed E-state index contributed by atoms with van der Waals surface area (Å²) in [4.78, 5) is 51.8. The van der Waals surface area contributed by atoms with Crippen molar-refractivity contribution in [3.63, 3.8) is 0 Å². The third-order valence-electron chi connectivity index (χ3n) is 7.34. The maximum absolute atomic E-state index is 12.8. The number of nitrogens with zero attached hydrogens (tertiary/aromatic N) is 2. The Bertz CT molecular complexity index is 724. The van der Waals surface area contributed by atoms with E-state index in [4.69, 9.17) is 0 Å². The number of carbonyl (C=O) groups excluding carboxylic acids is 4. The van der Waals surface area contributed by atoms with Gasteiger partial charge >= 0.3 is 12.1 Å². The Hall–Kier alpha value is -2.36. The van der Waals surface area contributed by atoms with E-state index in [1.165, 1.54) is 19.3 Å². The summed E-state index contributed by atoms with van der Waals surface area (Å²) in [5.74, 6) is -0.717. The van der Waals surface area contributed by atoms with Crippen molar-refractivity contribution < 1.29 is 19.2 Å². The highest BCUT2D eigenvalue weighted by molar-refractivity contribution is 6.08. The van der Waals surface area contributed by atoms with Crippen molar-refractivity contribution in [2.75, 3.05) is 19.6 Å². The van der Waals surface area contributed by atoms with Crippen LogP contribution in [0.15, 0.2) is 0 Å². The van der Waals surface area contributed by atoms with Crippen LogP contribution in [-0.2, 0) is 9.59 Å². The molecule has 0 aromatic carbocycles. The summed E-state index contributed by atoms with van der Waals surface area (Å²) in [5.41, 5.74) is 1.66. The highest BCUT2D eigenvalue weighted by Gasteiger charge is 2.52. The Morgan fingerprint density at radius 2 is 1.47 bits per heavy atom. The van der Waals surface area contributed by atoms with Gasteiger partial charge in [-0.1, -0.05) is 38.5 Å². The number of urea groups is 2. The van der Waals surface area contributed by atoms with Gasteiger partial charge in [-0.15, -0.1) is 0 Å². The first-order chi connectivity index (χ1) is 15.4. The van der Waals surface area contributed by atoms with Crippen LogP contribution >= 0.6 is 0 Å².